The molecule has 0 saturated carbocycles. The van der Waals surface area contributed by atoms with E-state index in [2.05, 4.69) is 4.98 Å². The molecule has 90 valence electrons. The number of hydrogen-bond acceptors (Lipinski definition) is 3. The molecule has 0 aliphatic rings. The van der Waals surface area contributed by atoms with Crippen LogP contribution in [0.15, 0.2) is 24.4 Å². The summed E-state index contributed by atoms with van der Waals surface area (Å²) in [6, 6.07) is 3.24. The fraction of sp³-hybridized carbons (Fsp3) is 0.250. The Labute approximate surface area is 99.4 Å². The minimum atomic E-state index is -1.02. The van der Waals surface area contributed by atoms with Crippen molar-refractivity contribution in [1.82, 2.24) is 9.88 Å². The van der Waals surface area contributed by atoms with E-state index in [9.17, 15) is 9.59 Å². The number of carbonyl (C=O) groups excluding carboxylic acids is 1. The molecule has 0 fully saturated rings. The van der Waals surface area contributed by atoms with E-state index in [4.69, 9.17) is 5.11 Å². The van der Waals surface area contributed by atoms with Gasteiger partial charge in [0, 0.05) is 25.9 Å². The summed E-state index contributed by atoms with van der Waals surface area (Å²) < 4.78 is 0. The summed E-state index contributed by atoms with van der Waals surface area (Å²) in [6.45, 7) is 2.49. The predicted molar refractivity (Wildman–Crippen MR) is 63.5 cm³/mol. The molecule has 1 heterocycles. The first kappa shape index (κ1) is 12.9. The van der Waals surface area contributed by atoms with E-state index in [0.29, 0.717) is 17.8 Å². The van der Waals surface area contributed by atoms with Crippen LogP contribution in [0.2, 0.25) is 0 Å². The zero-order valence-electron chi connectivity index (χ0n) is 9.75. The van der Waals surface area contributed by atoms with Crippen molar-refractivity contribution >= 4 is 18.0 Å². The van der Waals surface area contributed by atoms with Gasteiger partial charge in [-0.25, -0.2) is 4.79 Å². The van der Waals surface area contributed by atoms with Crippen LogP contribution >= 0.6 is 0 Å². The highest BCUT2D eigenvalue weighted by Gasteiger charge is 2.10. The Bertz CT molecular complexity index is 438. The van der Waals surface area contributed by atoms with Crippen molar-refractivity contribution in [3.05, 3.63) is 35.7 Å². The molecule has 0 aliphatic carbocycles. The highest BCUT2D eigenvalue weighted by atomic mass is 16.4. The Hall–Kier alpha value is -2.17. The van der Waals surface area contributed by atoms with Gasteiger partial charge in [0.1, 0.15) is 5.69 Å². The molecule has 0 aromatic carbocycles. The van der Waals surface area contributed by atoms with E-state index in [1.807, 2.05) is 6.92 Å². The zero-order valence-corrected chi connectivity index (χ0v) is 9.75. The average Bonchev–Trinajstić information content (AvgIpc) is 2.35. The van der Waals surface area contributed by atoms with Crippen LogP contribution in [-0.2, 0) is 4.79 Å². The third-order valence-corrected chi connectivity index (χ3v) is 2.24. The quantitative estimate of drug-likeness (QED) is 0.796. The third-order valence-electron chi connectivity index (χ3n) is 2.24. The van der Waals surface area contributed by atoms with Crippen LogP contribution in [0.25, 0.3) is 6.08 Å². The highest BCUT2D eigenvalue weighted by Crippen LogP contribution is 2.04. The van der Waals surface area contributed by atoms with Crippen molar-refractivity contribution in [2.24, 2.45) is 0 Å². The van der Waals surface area contributed by atoms with E-state index in [1.165, 1.54) is 12.3 Å². The number of carboxylic acid groups (broad SMARTS) is 1. The molecule has 0 spiro atoms. The van der Waals surface area contributed by atoms with Gasteiger partial charge < -0.3 is 10.0 Å². The molecule has 0 radical (unpaired) electrons. The molecule has 0 aliphatic heterocycles. The Kier molecular flexibility index (Phi) is 4.39. The molecule has 1 aromatic rings. The second kappa shape index (κ2) is 5.79. The topological polar surface area (TPSA) is 70.5 Å². The van der Waals surface area contributed by atoms with Crippen molar-refractivity contribution in [1.29, 1.82) is 0 Å². The van der Waals surface area contributed by atoms with Crippen LogP contribution in [0.3, 0.4) is 0 Å². The van der Waals surface area contributed by atoms with Crippen molar-refractivity contribution in [2.45, 2.75) is 6.92 Å². The Balaban J connectivity index is 2.81. The fourth-order valence-corrected chi connectivity index (χ4v) is 1.14. The molecule has 0 bridgehead atoms. The average molecular weight is 234 g/mol. The molecule has 17 heavy (non-hydrogen) atoms. The highest BCUT2D eigenvalue weighted by molar-refractivity contribution is 5.92. The number of carbonyl (C=O) groups is 2. The lowest BCUT2D eigenvalue weighted by Crippen LogP contribution is -2.26. The van der Waals surface area contributed by atoms with Gasteiger partial charge in [0.25, 0.3) is 5.91 Å². The second-order valence-corrected chi connectivity index (χ2v) is 3.47. The standard InChI is InChI=1S/C12H14N2O3/c1-3-14(2)12(17)10-6-4-9(8-13-10)5-7-11(15)16/h4-8H,3H2,1-2H3,(H,15,16). The molecular formula is C12H14N2O3. The summed E-state index contributed by atoms with van der Waals surface area (Å²) in [5.41, 5.74) is 0.991. The lowest BCUT2D eigenvalue weighted by Gasteiger charge is -2.13. The second-order valence-electron chi connectivity index (χ2n) is 3.47. The van der Waals surface area contributed by atoms with Gasteiger partial charge in [-0.15, -0.1) is 0 Å². The van der Waals surface area contributed by atoms with Crippen LogP contribution in [0.5, 0.6) is 0 Å². The largest absolute Gasteiger partial charge is 0.478 e. The van der Waals surface area contributed by atoms with Crippen molar-refractivity contribution in [2.75, 3.05) is 13.6 Å². The SMILES string of the molecule is CCN(C)C(=O)c1ccc(C=CC(=O)O)cn1. The van der Waals surface area contributed by atoms with E-state index in [1.54, 1.807) is 24.1 Å². The van der Waals surface area contributed by atoms with Crippen molar-refractivity contribution in [3.63, 3.8) is 0 Å². The Morgan fingerprint density at radius 3 is 2.65 bits per heavy atom. The maximum absolute atomic E-state index is 11.7. The Morgan fingerprint density at radius 1 is 1.47 bits per heavy atom. The van der Waals surface area contributed by atoms with Crippen LogP contribution in [-0.4, -0.2) is 40.5 Å². The van der Waals surface area contributed by atoms with E-state index in [-0.39, 0.29) is 5.91 Å². The number of aromatic nitrogens is 1. The molecule has 1 rings (SSSR count). The number of pyridine rings is 1. The van der Waals surface area contributed by atoms with Crippen LogP contribution in [0.4, 0.5) is 0 Å². The van der Waals surface area contributed by atoms with Gasteiger partial charge in [0.05, 0.1) is 0 Å². The van der Waals surface area contributed by atoms with Gasteiger partial charge in [0.15, 0.2) is 0 Å². The first-order chi connectivity index (χ1) is 8.04. The molecule has 1 aromatic heterocycles. The summed E-state index contributed by atoms with van der Waals surface area (Å²) >= 11 is 0. The summed E-state index contributed by atoms with van der Waals surface area (Å²) in [5.74, 6) is -1.17. The molecule has 5 nitrogen and oxygen atoms in total. The van der Waals surface area contributed by atoms with Crippen molar-refractivity contribution in [3.8, 4) is 0 Å². The summed E-state index contributed by atoms with van der Waals surface area (Å²) in [5, 5.41) is 8.45. The van der Waals surface area contributed by atoms with Crippen LogP contribution in [0.1, 0.15) is 23.0 Å². The minimum absolute atomic E-state index is 0.152. The number of rotatable bonds is 4. The molecule has 0 unspecified atom stereocenters. The Morgan fingerprint density at radius 2 is 2.18 bits per heavy atom. The summed E-state index contributed by atoms with van der Waals surface area (Å²) in [4.78, 5) is 27.6. The molecular weight excluding hydrogens is 220 g/mol. The normalized spacial score (nSPS) is 10.5. The number of hydrogen-bond donors (Lipinski definition) is 1. The van der Waals surface area contributed by atoms with E-state index < -0.39 is 5.97 Å². The van der Waals surface area contributed by atoms with Gasteiger partial charge in [-0.2, -0.15) is 0 Å². The van der Waals surface area contributed by atoms with Gasteiger partial charge in [-0.05, 0) is 24.6 Å². The fourth-order valence-electron chi connectivity index (χ4n) is 1.14. The van der Waals surface area contributed by atoms with Crippen LogP contribution < -0.4 is 0 Å². The van der Waals surface area contributed by atoms with Gasteiger partial charge in [0.2, 0.25) is 0 Å². The monoisotopic (exact) mass is 234 g/mol. The molecule has 5 heteroatoms. The van der Waals surface area contributed by atoms with Crippen molar-refractivity contribution < 1.29 is 14.7 Å². The zero-order chi connectivity index (χ0) is 12.8. The van der Waals surface area contributed by atoms with Gasteiger partial charge >= 0.3 is 5.97 Å². The first-order valence-corrected chi connectivity index (χ1v) is 5.17. The smallest absolute Gasteiger partial charge is 0.328 e. The third kappa shape index (κ3) is 3.71. The minimum Gasteiger partial charge on any atom is -0.478 e. The van der Waals surface area contributed by atoms with Crippen LogP contribution in [0, 0.1) is 0 Å². The lowest BCUT2D eigenvalue weighted by molar-refractivity contribution is -0.131. The lowest BCUT2D eigenvalue weighted by atomic mass is 10.2. The first-order valence-electron chi connectivity index (χ1n) is 5.17. The van der Waals surface area contributed by atoms with Gasteiger partial charge in [-0.3, -0.25) is 9.78 Å². The van der Waals surface area contributed by atoms with E-state index >= 15 is 0 Å². The molecule has 1 N–H and O–H groups in total. The van der Waals surface area contributed by atoms with Gasteiger partial charge in [-0.1, -0.05) is 6.07 Å². The molecule has 0 atom stereocenters. The molecule has 0 saturated heterocycles. The number of amides is 1. The predicted octanol–water partition coefficient (Wildman–Crippen LogP) is 1.27. The number of nitrogens with zero attached hydrogens (tertiary/aromatic N) is 2. The number of carboxylic acids is 1. The summed E-state index contributed by atoms with van der Waals surface area (Å²) in [7, 11) is 1.70. The number of aliphatic carboxylic acids is 1. The maximum atomic E-state index is 11.7. The molecule has 1 amide bonds. The van der Waals surface area contributed by atoms with E-state index in [0.717, 1.165) is 6.08 Å². The maximum Gasteiger partial charge on any atom is 0.328 e. The summed E-state index contributed by atoms with van der Waals surface area (Å²) in [6.07, 6.45) is 3.92.